The fourth-order valence-corrected chi connectivity index (χ4v) is 7.03. The Kier molecular flexibility index (Phi) is 5.25. The van der Waals surface area contributed by atoms with Crippen LogP contribution in [0.2, 0.25) is 0 Å². The summed E-state index contributed by atoms with van der Waals surface area (Å²) in [5, 5.41) is 15.4. The highest BCUT2D eigenvalue weighted by Gasteiger charge is 2.40. The van der Waals surface area contributed by atoms with Crippen LogP contribution in [0.3, 0.4) is 0 Å². The Labute approximate surface area is 198 Å². The number of rotatable bonds is 5. The molecule has 1 N–H and O–H groups in total. The first-order valence-electron chi connectivity index (χ1n) is 10.0. The fraction of sp³-hybridized carbons (Fsp3) is 0.273. The molecule has 1 fully saturated rings. The van der Waals surface area contributed by atoms with Crippen LogP contribution >= 0.6 is 22.6 Å². The van der Waals surface area contributed by atoms with Crippen LogP contribution in [0.15, 0.2) is 58.0 Å². The molecule has 32 heavy (non-hydrogen) atoms. The summed E-state index contributed by atoms with van der Waals surface area (Å²) in [5.41, 5.74) is 2.98. The SMILES string of the molecule is Cc1ccc2c(CC(=O)O)nn([C@H]3CN(S(=O)(=O)c4ccc5occc5c4)C[C@H]3I)c2c1. The van der Waals surface area contributed by atoms with Gasteiger partial charge in [0.1, 0.15) is 5.58 Å². The number of hydrogen-bond donors (Lipinski definition) is 1. The number of aromatic nitrogens is 2. The van der Waals surface area contributed by atoms with E-state index in [4.69, 9.17) is 4.42 Å². The van der Waals surface area contributed by atoms with Crippen molar-refractivity contribution < 1.29 is 22.7 Å². The fourth-order valence-electron chi connectivity index (χ4n) is 4.23. The molecule has 0 spiro atoms. The van der Waals surface area contributed by atoms with Crippen molar-refractivity contribution in [3.05, 3.63) is 60.0 Å². The number of nitrogens with zero attached hydrogens (tertiary/aromatic N) is 3. The van der Waals surface area contributed by atoms with Gasteiger partial charge in [-0.25, -0.2) is 8.42 Å². The van der Waals surface area contributed by atoms with E-state index < -0.39 is 16.0 Å². The minimum absolute atomic E-state index is 0.0266. The highest BCUT2D eigenvalue weighted by molar-refractivity contribution is 14.1. The maximum atomic E-state index is 13.4. The standard InChI is InChI=1S/C22H20IN3O5S/c1-13-2-4-16-18(10-22(27)28)24-26(19(16)8-13)20-12-25(11-17(20)23)32(29,30)15-3-5-21-14(9-15)6-7-31-21/h2-9,17,20H,10-12H2,1H3,(H,27,28)/t17-,20+/m1/s1. The number of furan rings is 1. The summed E-state index contributed by atoms with van der Waals surface area (Å²) in [5.74, 6) is -0.951. The van der Waals surface area contributed by atoms with E-state index in [2.05, 4.69) is 27.7 Å². The monoisotopic (exact) mass is 565 g/mol. The van der Waals surface area contributed by atoms with Gasteiger partial charge in [0.2, 0.25) is 10.0 Å². The van der Waals surface area contributed by atoms with E-state index in [0.717, 1.165) is 21.9 Å². The third-order valence-corrected chi connectivity index (χ3v) is 8.87. The molecular formula is C22H20IN3O5S. The van der Waals surface area contributed by atoms with Crippen molar-refractivity contribution in [2.24, 2.45) is 0 Å². The second-order valence-electron chi connectivity index (χ2n) is 8.01. The van der Waals surface area contributed by atoms with Gasteiger partial charge < -0.3 is 9.52 Å². The van der Waals surface area contributed by atoms with Crippen molar-refractivity contribution in [2.45, 2.75) is 28.2 Å². The number of aryl methyl sites for hydroxylation is 1. The summed E-state index contributed by atoms with van der Waals surface area (Å²) in [6, 6.07) is 12.2. The number of sulfonamides is 1. The quantitative estimate of drug-likeness (QED) is 0.292. The van der Waals surface area contributed by atoms with Crippen LogP contribution in [0, 0.1) is 6.92 Å². The van der Waals surface area contributed by atoms with Crippen molar-refractivity contribution in [3.63, 3.8) is 0 Å². The van der Waals surface area contributed by atoms with Gasteiger partial charge in [-0.1, -0.05) is 34.7 Å². The molecule has 3 heterocycles. The third-order valence-electron chi connectivity index (χ3n) is 5.82. The van der Waals surface area contributed by atoms with Crippen LogP contribution in [0.1, 0.15) is 17.3 Å². The Bertz CT molecular complexity index is 1460. The predicted molar refractivity (Wildman–Crippen MR) is 128 cm³/mol. The van der Waals surface area contributed by atoms with Crippen LogP contribution in [0.5, 0.6) is 0 Å². The Balaban J connectivity index is 1.52. The van der Waals surface area contributed by atoms with Gasteiger partial charge in [0.15, 0.2) is 0 Å². The first-order valence-corrected chi connectivity index (χ1v) is 12.7. The lowest BCUT2D eigenvalue weighted by Crippen LogP contribution is -2.29. The Hall–Kier alpha value is -2.44. The largest absolute Gasteiger partial charge is 0.481 e. The second kappa shape index (κ2) is 7.85. The smallest absolute Gasteiger partial charge is 0.309 e. The van der Waals surface area contributed by atoms with E-state index >= 15 is 0 Å². The highest BCUT2D eigenvalue weighted by atomic mass is 127. The molecule has 0 bridgehead atoms. The number of fused-ring (bicyclic) bond motifs is 2. The topological polar surface area (TPSA) is 106 Å². The number of aliphatic carboxylic acids is 1. The van der Waals surface area contributed by atoms with E-state index in [0.29, 0.717) is 17.8 Å². The Morgan fingerprint density at radius 2 is 2.03 bits per heavy atom. The zero-order valence-corrected chi connectivity index (χ0v) is 20.1. The molecule has 2 aromatic carbocycles. The molecule has 166 valence electrons. The average molecular weight is 565 g/mol. The molecule has 10 heteroatoms. The number of carboxylic acid groups (broad SMARTS) is 1. The Morgan fingerprint density at radius 1 is 1.22 bits per heavy atom. The van der Waals surface area contributed by atoms with Gasteiger partial charge in [-0.15, -0.1) is 0 Å². The number of benzene rings is 2. The molecule has 0 amide bonds. The Morgan fingerprint density at radius 3 is 2.81 bits per heavy atom. The number of alkyl halides is 1. The lowest BCUT2D eigenvalue weighted by molar-refractivity contribution is -0.136. The summed E-state index contributed by atoms with van der Waals surface area (Å²) < 4.78 is 35.3. The van der Waals surface area contributed by atoms with Gasteiger partial charge in [0.05, 0.1) is 34.8 Å². The second-order valence-corrected chi connectivity index (χ2v) is 11.5. The van der Waals surface area contributed by atoms with Crippen molar-refractivity contribution in [1.82, 2.24) is 14.1 Å². The summed E-state index contributed by atoms with van der Waals surface area (Å²) in [7, 11) is -3.70. The van der Waals surface area contributed by atoms with Crippen molar-refractivity contribution in [1.29, 1.82) is 0 Å². The normalized spacial score (nSPS) is 19.8. The summed E-state index contributed by atoms with van der Waals surface area (Å²) in [6.45, 7) is 2.57. The number of carboxylic acids is 1. The zero-order chi connectivity index (χ0) is 22.6. The summed E-state index contributed by atoms with van der Waals surface area (Å²) in [4.78, 5) is 11.6. The molecule has 1 aliphatic heterocycles. The van der Waals surface area contributed by atoms with Crippen LogP contribution in [-0.2, 0) is 21.2 Å². The summed E-state index contributed by atoms with van der Waals surface area (Å²) in [6.07, 6.45) is 1.35. The van der Waals surface area contributed by atoms with E-state index in [-0.39, 0.29) is 27.8 Å². The van der Waals surface area contributed by atoms with Gasteiger partial charge in [-0.2, -0.15) is 9.40 Å². The minimum atomic E-state index is -3.70. The molecule has 5 rings (SSSR count). The highest BCUT2D eigenvalue weighted by Crippen LogP contribution is 2.35. The molecule has 0 aliphatic carbocycles. The molecule has 0 radical (unpaired) electrons. The molecule has 0 unspecified atom stereocenters. The molecule has 0 saturated carbocycles. The van der Waals surface area contributed by atoms with Gasteiger partial charge in [0.25, 0.3) is 0 Å². The first kappa shape index (κ1) is 21.4. The van der Waals surface area contributed by atoms with E-state index in [9.17, 15) is 18.3 Å². The molecule has 2 atom stereocenters. The molecular weight excluding hydrogens is 545 g/mol. The van der Waals surface area contributed by atoms with Crippen LogP contribution in [-0.4, -0.2) is 50.6 Å². The minimum Gasteiger partial charge on any atom is -0.481 e. The lowest BCUT2D eigenvalue weighted by atomic mass is 10.1. The van der Waals surface area contributed by atoms with Crippen LogP contribution in [0.25, 0.3) is 21.9 Å². The van der Waals surface area contributed by atoms with Crippen LogP contribution in [0.4, 0.5) is 0 Å². The first-order chi connectivity index (χ1) is 15.2. The average Bonchev–Trinajstić information content (AvgIpc) is 3.44. The molecule has 8 nitrogen and oxygen atoms in total. The lowest BCUT2D eigenvalue weighted by Gasteiger charge is -2.17. The third kappa shape index (κ3) is 3.59. The number of carbonyl (C=O) groups is 1. The van der Waals surface area contributed by atoms with Gasteiger partial charge in [-0.05, 0) is 42.8 Å². The van der Waals surface area contributed by atoms with E-state index in [1.54, 1.807) is 24.3 Å². The van der Waals surface area contributed by atoms with E-state index in [1.807, 2.05) is 29.8 Å². The van der Waals surface area contributed by atoms with Crippen LogP contribution < -0.4 is 0 Å². The molecule has 1 aliphatic rings. The van der Waals surface area contributed by atoms with Gasteiger partial charge in [0, 0.05) is 27.8 Å². The molecule has 2 aromatic heterocycles. The maximum Gasteiger partial charge on any atom is 0.309 e. The summed E-state index contributed by atoms with van der Waals surface area (Å²) >= 11 is 2.26. The van der Waals surface area contributed by atoms with E-state index in [1.165, 1.54) is 10.6 Å². The van der Waals surface area contributed by atoms with Gasteiger partial charge >= 0.3 is 5.97 Å². The maximum absolute atomic E-state index is 13.4. The molecule has 4 aromatic rings. The number of hydrogen-bond acceptors (Lipinski definition) is 5. The predicted octanol–water partition coefficient (Wildman–Crippen LogP) is 3.77. The number of halogens is 1. The zero-order valence-electron chi connectivity index (χ0n) is 17.1. The van der Waals surface area contributed by atoms with Gasteiger partial charge in [-0.3, -0.25) is 9.48 Å². The van der Waals surface area contributed by atoms with Crippen molar-refractivity contribution >= 4 is 60.5 Å². The molecule has 1 saturated heterocycles. The van der Waals surface area contributed by atoms with Crippen molar-refractivity contribution in [3.8, 4) is 0 Å². The van der Waals surface area contributed by atoms with Crippen molar-refractivity contribution in [2.75, 3.05) is 13.1 Å².